The van der Waals surface area contributed by atoms with Gasteiger partial charge in [-0.1, -0.05) is 13.0 Å². The molecular formula is C32H37NO18. The van der Waals surface area contributed by atoms with Crippen LogP contribution in [0.4, 0.5) is 0 Å². The summed E-state index contributed by atoms with van der Waals surface area (Å²) in [4.78, 5) is 84.5. The predicted octanol–water partition coefficient (Wildman–Crippen LogP) is -0.953. The lowest BCUT2D eigenvalue weighted by atomic mass is 9.52. The lowest BCUT2D eigenvalue weighted by molar-refractivity contribution is -0.185. The van der Waals surface area contributed by atoms with Gasteiger partial charge in [-0.05, 0) is 44.5 Å². The predicted molar refractivity (Wildman–Crippen MR) is 163 cm³/mol. The Morgan fingerprint density at radius 1 is 0.941 bits per heavy atom. The minimum Gasteiger partial charge on any atom is -0.504 e. The molecule has 7 N–H and O–H groups in total. The fraction of sp³-hybridized carbons (Fsp3) is 0.531. The molecule has 0 amide bonds. The molecule has 19 nitrogen and oxygen atoms in total. The second kappa shape index (κ2) is 14.9. The van der Waals surface area contributed by atoms with Crippen LogP contribution in [0.25, 0.3) is 0 Å². The molecule has 1 heterocycles. The Morgan fingerprint density at radius 3 is 2.22 bits per heavy atom. The molecule has 51 heavy (non-hydrogen) atoms. The normalized spacial score (nSPS) is 25.0. The third-order valence-corrected chi connectivity index (χ3v) is 9.19. The molecule has 3 aliphatic rings. The molecule has 1 aromatic rings. The van der Waals surface area contributed by atoms with Gasteiger partial charge in [0.25, 0.3) is 0 Å². The number of carbonyl (C=O) groups excluding carboxylic acids is 4. The number of ether oxygens (including phenoxy) is 5. The minimum absolute atomic E-state index is 0.0459. The molecule has 19 heteroatoms. The molecule has 0 saturated carbocycles. The SMILES string of the molecule is CC[C@]12c3c4ccc(O)c3O[C@H]1C(OC(=O)C[C@H](OC(=O)C[C@H](O)C(=O)O)C(=O)O[C@@H](C)C(=O)O[C@@H](CC(=O)O)C(=O)O)=CC[C@@]2(O)[C@H](NC)C4. The average molecular weight is 724 g/mol. The van der Waals surface area contributed by atoms with E-state index in [4.69, 9.17) is 34.3 Å². The molecule has 1 aliphatic heterocycles. The number of carbonyl (C=O) groups is 7. The van der Waals surface area contributed by atoms with E-state index in [2.05, 4.69) is 10.1 Å². The zero-order chi connectivity index (χ0) is 38.0. The summed E-state index contributed by atoms with van der Waals surface area (Å²) in [7, 11) is 1.68. The van der Waals surface area contributed by atoms with Crippen molar-refractivity contribution in [3.63, 3.8) is 0 Å². The van der Waals surface area contributed by atoms with Gasteiger partial charge in [0.2, 0.25) is 12.2 Å². The lowest BCUT2D eigenvalue weighted by Crippen LogP contribution is -2.70. The summed E-state index contributed by atoms with van der Waals surface area (Å²) < 4.78 is 26.2. The number of aliphatic hydroxyl groups is 2. The largest absolute Gasteiger partial charge is 0.504 e. The van der Waals surface area contributed by atoms with Crippen molar-refractivity contribution in [3.05, 3.63) is 35.1 Å². The number of benzene rings is 1. The molecular weight excluding hydrogens is 686 g/mol. The first-order valence-electron chi connectivity index (χ1n) is 15.7. The highest BCUT2D eigenvalue weighted by molar-refractivity contribution is 5.89. The topological polar surface area (TPSA) is 299 Å². The maximum atomic E-state index is 13.4. The van der Waals surface area contributed by atoms with Crippen LogP contribution in [0.15, 0.2) is 24.0 Å². The van der Waals surface area contributed by atoms with E-state index < -0.39 is 109 Å². The number of hydrogen-bond acceptors (Lipinski definition) is 16. The van der Waals surface area contributed by atoms with E-state index >= 15 is 0 Å². The molecule has 0 saturated heterocycles. The van der Waals surface area contributed by atoms with E-state index in [1.165, 1.54) is 12.1 Å². The second-order valence-electron chi connectivity index (χ2n) is 12.2. The van der Waals surface area contributed by atoms with Crippen molar-refractivity contribution in [3.8, 4) is 11.5 Å². The van der Waals surface area contributed by atoms with E-state index in [-0.39, 0.29) is 30.1 Å². The Bertz CT molecular complexity index is 1650. The van der Waals surface area contributed by atoms with E-state index in [1.54, 1.807) is 20.0 Å². The van der Waals surface area contributed by atoms with Gasteiger partial charge in [0.15, 0.2) is 29.8 Å². The highest BCUT2D eigenvalue weighted by Crippen LogP contribution is 2.63. The van der Waals surface area contributed by atoms with Gasteiger partial charge < -0.3 is 59.6 Å². The first-order chi connectivity index (χ1) is 23.9. The molecule has 8 atom stereocenters. The van der Waals surface area contributed by atoms with Gasteiger partial charge in [-0.2, -0.15) is 0 Å². The third-order valence-electron chi connectivity index (χ3n) is 9.19. The van der Waals surface area contributed by atoms with Crippen LogP contribution in [0.2, 0.25) is 0 Å². The van der Waals surface area contributed by atoms with Gasteiger partial charge in [0.1, 0.15) is 5.76 Å². The zero-order valence-corrected chi connectivity index (χ0v) is 27.5. The molecule has 0 bridgehead atoms. The molecule has 0 fully saturated rings. The number of carboxylic acids is 3. The maximum absolute atomic E-state index is 13.4. The Balaban J connectivity index is 1.57. The van der Waals surface area contributed by atoms with Gasteiger partial charge >= 0.3 is 41.8 Å². The van der Waals surface area contributed by atoms with E-state index in [9.17, 15) is 48.9 Å². The summed E-state index contributed by atoms with van der Waals surface area (Å²) in [5, 5.41) is 62.5. The second-order valence-corrected chi connectivity index (χ2v) is 12.2. The summed E-state index contributed by atoms with van der Waals surface area (Å²) in [5.74, 6) is -11.3. The highest BCUT2D eigenvalue weighted by Gasteiger charge is 2.69. The monoisotopic (exact) mass is 723 g/mol. The van der Waals surface area contributed by atoms with E-state index in [0.717, 1.165) is 12.5 Å². The summed E-state index contributed by atoms with van der Waals surface area (Å²) >= 11 is 0. The average Bonchev–Trinajstić information content (AvgIpc) is 3.43. The summed E-state index contributed by atoms with van der Waals surface area (Å²) in [6, 6.07) is 2.67. The standard InChI is InChI=1S/C32H37NO18/c1-4-31-24-14-5-6-15(34)25(24)51-26(31)17(7-8-32(31,46)20(9-14)33-3)48-23(39)12-19(49-22(38)10-16(35)27(40)41)30(45)47-13(2)29(44)50-18(28(42)43)11-21(36)37/h5-7,13,16,18-20,26,33-35,46H,4,8-12H2,1-3H3,(H,36,37)(H,40,41)(H,42,43)/t13-,16-,18-,19-,20+,26-,31-,32+/m0/s1. The number of aromatic hydroxyl groups is 1. The number of hydrogen-bond donors (Lipinski definition) is 7. The number of nitrogens with one attached hydrogen (secondary N) is 1. The number of phenols is 1. The molecule has 278 valence electrons. The molecule has 0 aromatic heterocycles. The summed E-state index contributed by atoms with van der Waals surface area (Å²) in [5.41, 5.74) is -1.38. The van der Waals surface area contributed by atoms with Crippen LogP contribution < -0.4 is 10.1 Å². The zero-order valence-electron chi connectivity index (χ0n) is 27.5. The van der Waals surface area contributed by atoms with Crippen molar-refractivity contribution in [1.29, 1.82) is 0 Å². The van der Waals surface area contributed by atoms with Crippen LogP contribution in [-0.4, -0.2) is 122 Å². The Hall–Kier alpha value is -5.27. The maximum Gasteiger partial charge on any atom is 0.348 e. The minimum atomic E-state index is -2.26. The van der Waals surface area contributed by atoms with Crippen LogP contribution in [-0.2, 0) is 64.3 Å². The highest BCUT2D eigenvalue weighted by atomic mass is 16.6. The van der Waals surface area contributed by atoms with Crippen LogP contribution in [0.1, 0.15) is 57.1 Å². The number of aliphatic hydroxyl groups excluding tert-OH is 1. The van der Waals surface area contributed by atoms with E-state index in [1.807, 2.05) is 0 Å². The number of phenolic OH excluding ortho intramolecular Hbond substituents is 1. The van der Waals surface area contributed by atoms with Crippen LogP contribution >= 0.6 is 0 Å². The van der Waals surface area contributed by atoms with Gasteiger partial charge in [0.05, 0.1) is 30.3 Å². The number of likely N-dealkylation sites (N-methyl/N-ethyl adjacent to an activating group) is 1. The van der Waals surface area contributed by atoms with Gasteiger partial charge in [-0.15, -0.1) is 0 Å². The fourth-order valence-electron chi connectivity index (χ4n) is 6.80. The van der Waals surface area contributed by atoms with Gasteiger partial charge in [-0.3, -0.25) is 14.4 Å². The van der Waals surface area contributed by atoms with Crippen molar-refractivity contribution >= 4 is 41.8 Å². The Labute approximate surface area is 288 Å². The Morgan fingerprint density at radius 2 is 1.63 bits per heavy atom. The molecule has 0 radical (unpaired) electrons. The molecule has 0 spiro atoms. The van der Waals surface area contributed by atoms with Crippen molar-refractivity contribution in [2.75, 3.05) is 7.05 Å². The molecule has 0 unspecified atom stereocenters. The van der Waals surface area contributed by atoms with E-state index in [0.29, 0.717) is 12.0 Å². The van der Waals surface area contributed by atoms with Crippen molar-refractivity contribution < 1.29 is 87.9 Å². The lowest BCUT2D eigenvalue weighted by Gasteiger charge is -2.56. The third kappa shape index (κ3) is 7.31. The Kier molecular flexibility index (Phi) is 11.3. The van der Waals surface area contributed by atoms with Crippen LogP contribution in [0.5, 0.6) is 11.5 Å². The summed E-state index contributed by atoms with van der Waals surface area (Å²) in [6.07, 6.45) is -11.1. The summed E-state index contributed by atoms with van der Waals surface area (Å²) in [6.45, 7) is 2.70. The quantitative estimate of drug-likeness (QED) is 0.0798. The first kappa shape index (κ1) is 38.5. The fourth-order valence-corrected chi connectivity index (χ4v) is 6.80. The number of aliphatic carboxylic acids is 3. The smallest absolute Gasteiger partial charge is 0.348 e. The van der Waals surface area contributed by atoms with Crippen LogP contribution in [0.3, 0.4) is 0 Å². The number of carboxylic acid groups (broad SMARTS) is 3. The van der Waals surface area contributed by atoms with Gasteiger partial charge in [0, 0.05) is 18.0 Å². The van der Waals surface area contributed by atoms with Crippen LogP contribution in [0, 0.1) is 0 Å². The van der Waals surface area contributed by atoms with Crippen molar-refractivity contribution in [2.24, 2.45) is 0 Å². The van der Waals surface area contributed by atoms with Crippen molar-refractivity contribution in [1.82, 2.24) is 5.32 Å². The van der Waals surface area contributed by atoms with Crippen molar-refractivity contribution in [2.45, 2.75) is 100.0 Å². The first-order valence-corrected chi connectivity index (χ1v) is 15.7. The number of esters is 4. The molecule has 4 rings (SSSR count). The molecule has 1 aromatic carbocycles. The number of rotatable bonds is 16. The van der Waals surface area contributed by atoms with Gasteiger partial charge in [-0.25, -0.2) is 19.2 Å². The molecule has 2 aliphatic carbocycles.